The van der Waals surface area contributed by atoms with Crippen molar-refractivity contribution in [2.24, 2.45) is 0 Å². The van der Waals surface area contributed by atoms with Crippen molar-refractivity contribution in [3.05, 3.63) is 59.4 Å². The molecule has 0 unspecified atom stereocenters. The minimum atomic E-state index is 0.558. The van der Waals surface area contributed by atoms with E-state index in [2.05, 4.69) is 22.4 Å². The summed E-state index contributed by atoms with van der Waals surface area (Å²) in [5, 5.41) is 3.40. The number of alkyl halides is 1. The van der Waals surface area contributed by atoms with Gasteiger partial charge in [-0.05, 0) is 29.7 Å². The smallest absolute Gasteiger partial charge is 0.0474 e. The highest BCUT2D eigenvalue weighted by Gasteiger charge is 1.98. The van der Waals surface area contributed by atoms with E-state index in [4.69, 9.17) is 11.6 Å². The zero-order valence-electron chi connectivity index (χ0n) is 9.78. The van der Waals surface area contributed by atoms with Gasteiger partial charge in [-0.2, -0.15) is 0 Å². The zero-order valence-corrected chi connectivity index (χ0v) is 10.5. The van der Waals surface area contributed by atoms with E-state index < -0.39 is 0 Å². The number of hydrogen-bond acceptors (Lipinski definition) is 2. The third-order valence-electron chi connectivity index (χ3n) is 2.65. The molecular formula is C14H15ClN2. The van der Waals surface area contributed by atoms with Crippen molar-refractivity contribution >= 4 is 17.3 Å². The van der Waals surface area contributed by atoms with Gasteiger partial charge in [-0.1, -0.05) is 24.3 Å². The molecule has 88 valence electrons. The molecule has 2 rings (SSSR count). The normalized spacial score (nSPS) is 10.2. The molecule has 3 heteroatoms. The number of aryl methyl sites for hydroxylation is 1. The van der Waals surface area contributed by atoms with Crippen LogP contribution in [0.5, 0.6) is 0 Å². The summed E-state index contributed by atoms with van der Waals surface area (Å²) in [5.74, 6) is 0.558. The molecule has 0 radical (unpaired) electrons. The van der Waals surface area contributed by atoms with Crippen molar-refractivity contribution in [3.8, 4) is 0 Å². The van der Waals surface area contributed by atoms with Crippen LogP contribution in [0.2, 0.25) is 0 Å². The second kappa shape index (κ2) is 5.69. The van der Waals surface area contributed by atoms with Gasteiger partial charge >= 0.3 is 0 Å². The van der Waals surface area contributed by atoms with Gasteiger partial charge in [0, 0.05) is 30.5 Å². The number of nitrogens with zero attached hydrogens (tertiary/aromatic N) is 1. The van der Waals surface area contributed by atoms with Crippen LogP contribution in [0.1, 0.15) is 16.7 Å². The summed E-state index contributed by atoms with van der Waals surface area (Å²) in [7, 11) is 0. The SMILES string of the molecule is Cc1cnccc1NCc1cccc(CCl)c1. The first-order chi connectivity index (χ1) is 8.29. The number of benzene rings is 1. The topological polar surface area (TPSA) is 24.9 Å². The van der Waals surface area contributed by atoms with Gasteiger partial charge in [0.25, 0.3) is 0 Å². The maximum Gasteiger partial charge on any atom is 0.0474 e. The Morgan fingerprint density at radius 1 is 1.24 bits per heavy atom. The molecule has 1 N–H and O–H groups in total. The molecule has 0 aliphatic heterocycles. The molecule has 0 saturated carbocycles. The van der Waals surface area contributed by atoms with Crippen LogP contribution in [0, 0.1) is 6.92 Å². The molecule has 2 nitrogen and oxygen atoms in total. The van der Waals surface area contributed by atoms with Gasteiger partial charge in [0.15, 0.2) is 0 Å². The molecule has 1 aromatic heterocycles. The Bertz CT molecular complexity index is 497. The van der Waals surface area contributed by atoms with E-state index in [1.165, 1.54) is 5.56 Å². The summed E-state index contributed by atoms with van der Waals surface area (Å²) in [6.07, 6.45) is 3.65. The maximum atomic E-state index is 5.81. The Kier molecular flexibility index (Phi) is 3.99. The van der Waals surface area contributed by atoms with Crippen LogP contribution in [-0.2, 0) is 12.4 Å². The van der Waals surface area contributed by atoms with Gasteiger partial charge in [-0.15, -0.1) is 11.6 Å². The third kappa shape index (κ3) is 3.21. The van der Waals surface area contributed by atoms with E-state index in [9.17, 15) is 0 Å². The van der Waals surface area contributed by atoms with Crippen LogP contribution < -0.4 is 5.32 Å². The van der Waals surface area contributed by atoms with E-state index in [0.717, 1.165) is 23.4 Å². The Balaban J connectivity index is 2.05. The standard InChI is InChI=1S/C14H15ClN2/c1-11-9-16-6-5-14(11)17-10-13-4-2-3-12(7-13)8-15/h2-7,9H,8,10H2,1H3,(H,16,17). The highest BCUT2D eigenvalue weighted by molar-refractivity contribution is 6.17. The Labute approximate surface area is 107 Å². The molecule has 0 spiro atoms. The highest BCUT2D eigenvalue weighted by Crippen LogP contribution is 2.14. The Hall–Kier alpha value is -1.54. The molecule has 0 aliphatic rings. The van der Waals surface area contributed by atoms with Gasteiger partial charge in [0.2, 0.25) is 0 Å². The third-order valence-corrected chi connectivity index (χ3v) is 2.96. The Morgan fingerprint density at radius 2 is 2.06 bits per heavy atom. The first kappa shape index (κ1) is 11.9. The number of nitrogens with one attached hydrogen (secondary N) is 1. The molecular weight excluding hydrogens is 232 g/mol. The number of hydrogen-bond donors (Lipinski definition) is 1. The van der Waals surface area contributed by atoms with Crippen molar-refractivity contribution in [1.29, 1.82) is 0 Å². The van der Waals surface area contributed by atoms with Crippen molar-refractivity contribution < 1.29 is 0 Å². The molecule has 2 aromatic rings. The summed E-state index contributed by atoms with van der Waals surface area (Å²) in [5.41, 5.74) is 4.66. The quantitative estimate of drug-likeness (QED) is 0.832. The molecule has 0 bridgehead atoms. The predicted octanol–water partition coefficient (Wildman–Crippen LogP) is 3.74. The van der Waals surface area contributed by atoms with Crippen LogP contribution in [-0.4, -0.2) is 4.98 Å². The molecule has 0 aliphatic carbocycles. The fourth-order valence-corrected chi connectivity index (χ4v) is 1.86. The Morgan fingerprint density at radius 3 is 2.82 bits per heavy atom. The van der Waals surface area contributed by atoms with Gasteiger partial charge in [0.1, 0.15) is 0 Å². The van der Waals surface area contributed by atoms with Gasteiger partial charge in [-0.3, -0.25) is 4.98 Å². The number of halogens is 1. The lowest BCUT2D eigenvalue weighted by Gasteiger charge is -2.09. The number of pyridine rings is 1. The molecule has 0 saturated heterocycles. The highest BCUT2D eigenvalue weighted by atomic mass is 35.5. The monoisotopic (exact) mass is 246 g/mol. The fraction of sp³-hybridized carbons (Fsp3) is 0.214. The van der Waals surface area contributed by atoms with E-state index in [1.54, 1.807) is 6.20 Å². The summed E-state index contributed by atoms with van der Waals surface area (Å²) >= 11 is 5.81. The van der Waals surface area contributed by atoms with Crippen molar-refractivity contribution in [2.75, 3.05) is 5.32 Å². The summed E-state index contributed by atoms with van der Waals surface area (Å²) < 4.78 is 0. The first-order valence-electron chi connectivity index (χ1n) is 5.58. The van der Waals surface area contributed by atoms with Gasteiger partial charge < -0.3 is 5.32 Å². The molecule has 1 aromatic carbocycles. The molecule has 0 fully saturated rings. The lowest BCUT2D eigenvalue weighted by atomic mass is 10.1. The van der Waals surface area contributed by atoms with E-state index in [0.29, 0.717) is 5.88 Å². The summed E-state index contributed by atoms with van der Waals surface area (Å²) in [6, 6.07) is 10.3. The van der Waals surface area contributed by atoms with Crippen molar-refractivity contribution in [2.45, 2.75) is 19.3 Å². The second-order valence-electron chi connectivity index (χ2n) is 4.00. The maximum absolute atomic E-state index is 5.81. The van der Waals surface area contributed by atoms with Crippen LogP contribution in [0.4, 0.5) is 5.69 Å². The average molecular weight is 247 g/mol. The van der Waals surface area contributed by atoms with Crippen molar-refractivity contribution in [3.63, 3.8) is 0 Å². The zero-order chi connectivity index (χ0) is 12.1. The predicted molar refractivity (Wildman–Crippen MR) is 72.3 cm³/mol. The molecule has 0 atom stereocenters. The lowest BCUT2D eigenvalue weighted by Crippen LogP contribution is -2.01. The van der Waals surface area contributed by atoms with Gasteiger partial charge in [-0.25, -0.2) is 0 Å². The molecule has 17 heavy (non-hydrogen) atoms. The van der Waals surface area contributed by atoms with Crippen molar-refractivity contribution in [1.82, 2.24) is 4.98 Å². The summed E-state index contributed by atoms with van der Waals surface area (Å²) in [4.78, 5) is 4.07. The number of aromatic nitrogens is 1. The molecule has 1 heterocycles. The molecule has 0 amide bonds. The van der Waals surface area contributed by atoms with Crippen LogP contribution in [0.15, 0.2) is 42.7 Å². The van der Waals surface area contributed by atoms with Crippen LogP contribution in [0.3, 0.4) is 0 Å². The van der Waals surface area contributed by atoms with Crippen LogP contribution in [0.25, 0.3) is 0 Å². The number of anilines is 1. The van der Waals surface area contributed by atoms with E-state index in [1.807, 2.05) is 31.3 Å². The largest absolute Gasteiger partial charge is 0.381 e. The van der Waals surface area contributed by atoms with E-state index in [-0.39, 0.29) is 0 Å². The summed E-state index contributed by atoms with van der Waals surface area (Å²) in [6.45, 7) is 2.85. The fourth-order valence-electron chi connectivity index (χ4n) is 1.69. The minimum absolute atomic E-state index is 0.558. The van der Waals surface area contributed by atoms with E-state index >= 15 is 0 Å². The number of rotatable bonds is 4. The second-order valence-corrected chi connectivity index (χ2v) is 4.26. The first-order valence-corrected chi connectivity index (χ1v) is 6.11. The van der Waals surface area contributed by atoms with Crippen LogP contribution >= 0.6 is 11.6 Å². The lowest BCUT2D eigenvalue weighted by molar-refractivity contribution is 1.12. The minimum Gasteiger partial charge on any atom is -0.381 e. The van der Waals surface area contributed by atoms with Gasteiger partial charge in [0.05, 0.1) is 0 Å². The average Bonchev–Trinajstić information content (AvgIpc) is 2.38.